The highest BCUT2D eigenvalue weighted by Gasteiger charge is 2.54. The molecule has 0 saturated heterocycles. The fourth-order valence-corrected chi connectivity index (χ4v) is 6.91. The van der Waals surface area contributed by atoms with Crippen molar-refractivity contribution in [1.29, 1.82) is 0 Å². The molecule has 1 nitrogen and oxygen atoms in total. The molecule has 4 saturated carbocycles. The highest BCUT2D eigenvalue weighted by atomic mass is 32.1. The summed E-state index contributed by atoms with van der Waals surface area (Å²) in [6, 6.07) is 4.44. The maximum absolute atomic E-state index is 11.2. The summed E-state index contributed by atoms with van der Waals surface area (Å²) < 4.78 is 0. The third kappa shape index (κ3) is 2.30. The number of hydrogen-bond donors (Lipinski definition) is 1. The van der Waals surface area contributed by atoms with Crippen LogP contribution in [0, 0.1) is 23.2 Å². The number of aliphatic hydroxyl groups is 1. The van der Waals surface area contributed by atoms with Crippen molar-refractivity contribution in [2.45, 2.75) is 70.8 Å². The van der Waals surface area contributed by atoms with E-state index in [2.05, 4.69) is 32.9 Å². The first-order valence-electron chi connectivity index (χ1n) is 8.64. The van der Waals surface area contributed by atoms with Gasteiger partial charge in [-0.15, -0.1) is 11.3 Å². The summed E-state index contributed by atoms with van der Waals surface area (Å²) in [5.74, 6) is 2.73. The molecule has 5 rings (SSSR count). The topological polar surface area (TPSA) is 20.2 Å². The van der Waals surface area contributed by atoms with Crippen LogP contribution in [0.2, 0.25) is 0 Å². The average Bonchev–Trinajstić information content (AvgIpc) is 2.85. The molecular formula is C19H28OS. The van der Waals surface area contributed by atoms with Crippen LogP contribution in [-0.2, 0) is 5.41 Å². The normalized spacial score (nSPS) is 39.7. The molecule has 0 radical (unpaired) electrons. The minimum absolute atomic E-state index is 0.199. The molecule has 1 unspecified atom stereocenters. The minimum atomic E-state index is -0.216. The standard InChI is InChI=1S/C19H28OS/c1-18(2,3)16-5-4-15(21-16)17(20)19-9-12-6-13(10-19)8-14(7-12)11-19/h4-5,12-14,17,20H,6-11H2,1-3H3. The van der Waals surface area contributed by atoms with E-state index in [9.17, 15) is 5.11 Å². The lowest BCUT2D eigenvalue weighted by Gasteiger charge is -2.58. The average molecular weight is 304 g/mol. The molecule has 1 N–H and O–H groups in total. The second-order valence-corrected chi connectivity index (χ2v) is 10.2. The van der Waals surface area contributed by atoms with E-state index in [-0.39, 0.29) is 16.9 Å². The molecule has 4 aliphatic rings. The van der Waals surface area contributed by atoms with E-state index in [1.54, 1.807) is 0 Å². The van der Waals surface area contributed by atoms with E-state index in [4.69, 9.17) is 0 Å². The van der Waals surface area contributed by atoms with Gasteiger partial charge in [-0.05, 0) is 73.8 Å². The van der Waals surface area contributed by atoms with Crippen molar-refractivity contribution in [3.8, 4) is 0 Å². The highest BCUT2D eigenvalue weighted by Crippen LogP contribution is 2.64. The van der Waals surface area contributed by atoms with E-state index in [0.29, 0.717) is 0 Å². The molecule has 4 bridgehead atoms. The summed E-state index contributed by atoms with van der Waals surface area (Å²) in [5.41, 5.74) is 0.416. The largest absolute Gasteiger partial charge is 0.387 e. The van der Waals surface area contributed by atoms with Gasteiger partial charge in [-0.2, -0.15) is 0 Å². The zero-order valence-electron chi connectivity index (χ0n) is 13.6. The van der Waals surface area contributed by atoms with Crippen LogP contribution in [0.4, 0.5) is 0 Å². The molecule has 1 atom stereocenters. The monoisotopic (exact) mass is 304 g/mol. The van der Waals surface area contributed by atoms with Gasteiger partial charge in [-0.1, -0.05) is 20.8 Å². The molecular weight excluding hydrogens is 276 g/mol. The Bertz CT molecular complexity index is 501. The second kappa shape index (κ2) is 4.58. The molecule has 4 aliphatic carbocycles. The molecule has 4 fully saturated rings. The summed E-state index contributed by atoms with van der Waals surface area (Å²) >= 11 is 1.85. The highest BCUT2D eigenvalue weighted by molar-refractivity contribution is 7.12. The Hall–Kier alpha value is -0.340. The lowest BCUT2D eigenvalue weighted by molar-refractivity contribution is -0.121. The zero-order chi connectivity index (χ0) is 14.8. The SMILES string of the molecule is CC(C)(C)c1ccc(C(O)C23CC4CC(CC(C4)C2)C3)s1. The third-order valence-corrected chi connectivity index (χ3v) is 7.86. The Morgan fingerprint density at radius 2 is 1.57 bits per heavy atom. The Morgan fingerprint density at radius 3 is 2.00 bits per heavy atom. The van der Waals surface area contributed by atoms with Crippen molar-refractivity contribution in [1.82, 2.24) is 0 Å². The van der Waals surface area contributed by atoms with Crippen LogP contribution in [0.5, 0.6) is 0 Å². The quantitative estimate of drug-likeness (QED) is 0.786. The fraction of sp³-hybridized carbons (Fsp3) is 0.789. The predicted molar refractivity (Wildman–Crippen MR) is 88.6 cm³/mol. The van der Waals surface area contributed by atoms with Crippen LogP contribution in [0.1, 0.15) is 75.2 Å². The van der Waals surface area contributed by atoms with E-state index < -0.39 is 0 Å². The maximum atomic E-state index is 11.2. The lowest BCUT2D eigenvalue weighted by atomic mass is 9.48. The Labute approximate surface area is 132 Å². The van der Waals surface area contributed by atoms with Crippen molar-refractivity contribution in [3.63, 3.8) is 0 Å². The Kier molecular flexibility index (Phi) is 3.11. The van der Waals surface area contributed by atoms with E-state index >= 15 is 0 Å². The van der Waals surface area contributed by atoms with Crippen molar-refractivity contribution >= 4 is 11.3 Å². The third-order valence-electron chi connectivity index (χ3n) is 6.30. The van der Waals surface area contributed by atoms with E-state index in [1.165, 1.54) is 48.3 Å². The van der Waals surface area contributed by atoms with Gasteiger partial charge in [0.15, 0.2) is 0 Å². The van der Waals surface area contributed by atoms with Gasteiger partial charge in [0.25, 0.3) is 0 Å². The molecule has 1 aromatic rings. The molecule has 2 heteroatoms. The minimum Gasteiger partial charge on any atom is -0.387 e. The molecule has 21 heavy (non-hydrogen) atoms. The van der Waals surface area contributed by atoms with Gasteiger partial charge in [-0.3, -0.25) is 0 Å². The Balaban J connectivity index is 1.62. The summed E-state index contributed by atoms with van der Waals surface area (Å²) in [7, 11) is 0. The van der Waals surface area contributed by atoms with Crippen molar-refractivity contribution in [2.24, 2.45) is 23.2 Å². The maximum Gasteiger partial charge on any atom is 0.0938 e. The fourth-order valence-electron chi connectivity index (χ4n) is 5.72. The zero-order valence-corrected chi connectivity index (χ0v) is 14.4. The second-order valence-electron chi connectivity index (χ2n) is 9.13. The summed E-state index contributed by atoms with van der Waals surface area (Å²) in [4.78, 5) is 2.63. The van der Waals surface area contributed by atoms with Gasteiger partial charge in [0.05, 0.1) is 6.10 Å². The first-order valence-corrected chi connectivity index (χ1v) is 9.46. The van der Waals surface area contributed by atoms with Gasteiger partial charge in [0.2, 0.25) is 0 Å². The number of aliphatic hydroxyl groups excluding tert-OH is 1. The van der Waals surface area contributed by atoms with Crippen molar-refractivity contribution in [2.75, 3.05) is 0 Å². The van der Waals surface area contributed by atoms with Gasteiger partial charge in [-0.25, -0.2) is 0 Å². The Morgan fingerprint density at radius 1 is 1.05 bits per heavy atom. The number of rotatable bonds is 2. The van der Waals surface area contributed by atoms with E-state index in [0.717, 1.165) is 17.8 Å². The van der Waals surface area contributed by atoms with Crippen LogP contribution in [0.3, 0.4) is 0 Å². The van der Waals surface area contributed by atoms with Crippen LogP contribution < -0.4 is 0 Å². The molecule has 0 spiro atoms. The molecule has 116 valence electrons. The predicted octanol–water partition coefficient (Wildman–Crippen LogP) is 5.30. The van der Waals surface area contributed by atoms with E-state index in [1.807, 2.05) is 11.3 Å². The smallest absolute Gasteiger partial charge is 0.0938 e. The first-order chi connectivity index (χ1) is 9.86. The number of thiophene rings is 1. The molecule has 1 aromatic heterocycles. The van der Waals surface area contributed by atoms with Crippen LogP contribution in [0.15, 0.2) is 12.1 Å². The van der Waals surface area contributed by atoms with Crippen LogP contribution >= 0.6 is 11.3 Å². The summed E-state index contributed by atoms with van der Waals surface area (Å²) in [6.45, 7) is 6.79. The molecule has 1 heterocycles. The number of hydrogen-bond acceptors (Lipinski definition) is 2. The molecule has 0 aromatic carbocycles. The van der Waals surface area contributed by atoms with Gasteiger partial charge in [0.1, 0.15) is 0 Å². The van der Waals surface area contributed by atoms with Crippen molar-refractivity contribution in [3.05, 3.63) is 21.9 Å². The van der Waals surface area contributed by atoms with Crippen molar-refractivity contribution < 1.29 is 5.11 Å². The summed E-state index contributed by atoms with van der Waals surface area (Å²) in [6.07, 6.45) is 7.97. The van der Waals surface area contributed by atoms with Gasteiger partial charge in [0, 0.05) is 15.2 Å². The van der Waals surface area contributed by atoms with Crippen LogP contribution in [-0.4, -0.2) is 5.11 Å². The van der Waals surface area contributed by atoms with Crippen LogP contribution in [0.25, 0.3) is 0 Å². The van der Waals surface area contributed by atoms with Gasteiger partial charge < -0.3 is 5.11 Å². The first kappa shape index (κ1) is 14.3. The lowest BCUT2D eigenvalue weighted by Crippen LogP contribution is -2.48. The molecule has 0 aliphatic heterocycles. The summed E-state index contributed by atoms with van der Waals surface area (Å²) in [5, 5.41) is 11.2. The molecule has 0 amide bonds. The van der Waals surface area contributed by atoms with Gasteiger partial charge >= 0.3 is 0 Å².